The maximum atomic E-state index is 12.8. The molecular formula is C20H26N4O5. The zero-order valence-electron chi connectivity index (χ0n) is 16.6. The summed E-state index contributed by atoms with van der Waals surface area (Å²) in [5.74, 6) is -0.822. The van der Waals surface area contributed by atoms with Gasteiger partial charge >= 0.3 is 18.1 Å². The quantitative estimate of drug-likeness (QED) is 0.664. The Morgan fingerprint density at radius 1 is 1.17 bits per heavy atom. The Labute approximate surface area is 168 Å². The molecular weight excluding hydrogens is 376 g/mol. The Hall–Kier alpha value is -3.23. The molecule has 29 heavy (non-hydrogen) atoms. The highest BCUT2D eigenvalue weighted by molar-refractivity contribution is 5.88. The molecule has 0 bridgehead atoms. The molecule has 2 aromatic rings. The van der Waals surface area contributed by atoms with Gasteiger partial charge in [-0.05, 0) is 18.6 Å². The van der Waals surface area contributed by atoms with Crippen molar-refractivity contribution in [1.82, 2.24) is 20.1 Å². The van der Waals surface area contributed by atoms with Gasteiger partial charge in [0.25, 0.3) is 0 Å². The van der Waals surface area contributed by atoms with E-state index >= 15 is 0 Å². The third kappa shape index (κ3) is 4.44. The SMILES string of the molecule is CCOC(=O)[C@H](NC(=O)N1CCN(C(=O)O)CC1)[C@@H](C)c1c[nH]c2ccccc12. The number of carbonyl (C=O) groups is 3. The Kier molecular flexibility index (Phi) is 6.26. The molecule has 156 valence electrons. The van der Waals surface area contributed by atoms with E-state index in [1.165, 1.54) is 9.80 Å². The lowest BCUT2D eigenvalue weighted by molar-refractivity contribution is -0.145. The summed E-state index contributed by atoms with van der Waals surface area (Å²) in [7, 11) is 0. The summed E-state index contributed by atoms with van der Waals surface area (Å²) in [6, 6.07) is 6.50. The number of nitrogens with one attached hydrogen (secondary N) is 2. The topological polar surface area (TPSA) is 115 Å². The lowest BCUT2D eigenvalue weighted by Crippen LogP contribution is -2.56. The fourth-order valence-electron chi connectivity index (χ4n) is 3.60. The van der Waals surface area contributed by atoms with E-state index in [0.717, 1.165) is 16.5 Å². The van der Waals surface area contributed by atoms with Crippen LogP contribution in [0.4, 0.5) is 9.59 Å². The molecule has 9 nitrogen and oxygen atoms in total. The number of aromatic nitrogens is 1. The summed E-state index contributed by atoms with van der Waals surface area (Å²) < 4.78 is 5.20. The van der Waals surface area contributed by atoms with Crippen LogP contribution in [-0.4, -0.2) is 76.8 Å². The third-order valence-corrected chi connectivity index (χ3v) is 5.27. The highest BCUT2D eigenvalue weighted by atomic mass is 16.5. The van der Waals surface area contributed by atoms with Crippen LogP contribution in [0, 0.1) is 0 Å². The van der Waals surface area contributed by atoms with Crippen LogP contribution in [0.25, 0.3) is 10.9 Å². The summed E-state index contributed by atoms with van der Waals surface area (Å²) in [5, 5.41) is 12.8. The average molecular weight is 402 g/mol. The Morgan fingerprint density at radius 2 is 1.83 bits per heavy atom. The lowest BCUT2D eigenvalue weighted by Gasteiger charge is -2.34. The van der Waals surface area contributed by atoms with E-state index in [0.29, 0.717) is 0 Å². The summed E-state index contributed by atoms with van der Waals surface area (Å²) in [4.78, 5) is 42.4. The average Bonchev–Trinajstić information content (AvgIpc) is 3.15. The molecule has 1 aromatic heterocycles. The smallest absolute Gasteiger partial charge is 0.407 e. The molecule has 1 fully saturated rings. The summed E-state index contributed by atoms with van der Waals surface area (Å²) >= 11 is 0. The van der Waals surface area contributed by atoms with Crippen molar-refractivity contribution in [3.05, 3.63) is 36.0 Å². The van der Waals surface area contributed by atoms with Gasteiger partial charge in [0, 0.05) is 49.2 Å². The van der Waals surface area contributed by atoms with Crippen LogP contribution < -0.4 is 5.32 Å². The van der Waals surface area contributed by atoms with Crippen molar-refractivity contribution >= 4 is 29.0 Å². The van der Waals surface area contributed by atoms with Crippen LogP contribution in [0.15, 0.2) is 30.5 Å². The highest BCUT2D eigenvalue weighted by Gasteiger charge is 2.33. The van der Waals surface area contributed by atoms with Gasteiger partial charge in [-0.2, -0.15) is 0 Å². The largest absolute Gasteiger partial charge is 0.465 e. The van der Waals surface area contributed by atoms with Gasteiger partial charge in [0.1, 0.15) is 6.04 Å². The van der Waals surface area contributed by atoms with Gasteiger partial charge in [-0.1, -0.05) is 25.1 Å². The zero-order valence-corrected chi connectivity index (χ0v) is 16.6. The van der Waals surface area contributed by atoms with Crippen molar-refractivity contribution < 1.29 is 24.2 Å². The number of benzene rings is 1. The van der Waals surface area contributed by atoms with Gasteiger partial charge in [0.2, 0.25) is 0 Å². The minimum absolute atomic E-state index is 0.211. The van der Waals surface area contributed by atoms with Crippen molar-refractivity contribution in [2.24, 2.45) is 0 Å². The third-order valence-electron chi connectivity index (χ3n) is 5.27. The molecule has 0 unspecified atom stereocenters. The van der Waals surface area contributed by atoms with E-state index in [-0.39, 0.29) is 38.7 Å². The molecule has 3 rings (SSSR count). The molecule has 1 aliphatic rings. The van der Waals surface area contributed by atoms with Crippen molar-refractivity contribution in [2.75, 3.05) is 32.8 Å². The fourth-order valence-corrected chi connectivity index (χ4v) is 3.60. The van der Waals surface area contributed by atoms with E-state index in [2.05, 4.69) is 10.3 Å². The zero-order chi connectivity index (χ0) is 21.0. The summed E-state index contributed by atoms with van der Waals surface area (Å²) in [6.45, 7) is 4.83. The molecule has 2 heterocycles. The Bertz CT molecular complexity index is 888. The number of aromatic amines is 1. The first-order valence-electron chi connectivity index (χ1n) is 9.68. The molecule has 1 aromatic carbocycles. The Balaban J connectivity index is 1.76. The molecule has 0 spiro atoms. The molecule has 2 atom stereocenters. The second-order valence-corrected chi connectivity index (χ2v) is 7.01. The molecule has 3 N–H and O–H groups in total. The number of piperazine rings is 1. The highest BCUT2D eigenvalue weighted by Crippen LogP contribution is 2.28. The summed E-state index contributed by atoms with van der Waals surface area (Å²) in [5.41, 5.74) is 1.86. The Morgan fingerprint density at radius 3 is 2.48 bits per heavy atom. The van der Waals surface area contributed by atoms with Gasteiger partial charge in [0.15, 0.2) is 0 Å². The number of carbonyl (C=O) groups excluding carboxylic acids is 2. The molecule has 0 radical (unpaired) electrons. The van der Waals surface area contributed by atoms with Crippen LogP contribution in [0.5, 0.6) is 0 Å². The normalized spacial score (nSPS) is 16.3. The number of amides is 3. The number of carboxylic acid groups (broad SMARTS) is 1. The van der Waals surface area contributed by atoms with Crippen molar-refractivity contribution in [1.29, 1.82) is 0 Å². The monoisotopic (exact) mass is 402 g/mol. The maximum Gasteiger partial charge on any atom is 0.407 e. The second-order valence-electron chi connectivity index (χ2n) is 7.01. The number of ether oxygens (including phenoxy) is 1. The molecule has 0 aliphatic carbocycles. The van der Waals surface area contributed by atoms with E-state index in [1.807, 2.05) is 37.4 Å². The standard InChI is InChI=1S/C20H26N4O5/c1-3-29-18(25)17(13(2)15-12-21-16-7-5-4-6-14(15)16)22-19(26)23-8-10-24(11-9-23)20(27)28/h4-7,12-13,17,21H,3,8-11H2,1-2H3,(H,22,26)(H,27,28)/t13-,17+/m0/s1. The molecule has 9 heteroatoms. The number of fused-ring (bicyclic) bond motifs is 1. The number of urea groups is 1. The maximum absolute atomic E-state index is 12.8. The fraction of sp³-hybridized carbons (Fsp3) is 0.450. The van der Waals surface area contributed by atoms with E-state index in [9.17, 15) is 14.4 Å². The summed E-state index contributed by atoms with van der Waals surface area (Å²) in [6.07, 6.45) is 0.849. The van der Waals surface area contributed by atoms with Crippen LogP contribution in [0.3, 0.4) is 0 Å². The number of hydrogen-bond acceptors (Lipinski definition) is 4. The first-order chi connectivity index (χ1) is 13.9. The van der Waals surface area contributed by atoms with Crippen LogP contribution in [-0.2, 0) is 9.53 Å². The molecule has 1 aliphatic heterocycles. The predicted octanol–water partition coefficient (Wildman–Crippen LogP) is 2.21. The van der Waals surface area contributed by atoms with Crippen molar-refractivity contribution in [3.63, 3.8) is 0 Å². The van der Waals surface area contributed by atoms with Crippen LogP contribution in [0.1, 0.15) is 25.3 Å². The van der Waals surface area contributed by atoms with E-state index < -0.39 is 24.1 Å². The van der Waals surface area contributed by atoms with Crippen LogP contribution in [0.2, 0.25) is 0 Å². The minimum atomic E-state index is -0.998. The minimum Gasteiger partial charge on any atom is -0.465 e. The van der Waals surface area contributed by atoms with Gasteiger partial charge in [-0.3, -0.25) is 0 Å². The van der Waals surface area contributed by atoms with Crippen molar-refractivity contribution in [2.45, 2.75) is 25.8 Å². The number of hydrogen-bond donors (Lipinski definition) is 3. The number of nitrogens with zero attached hydrogens (tertiary/aromatic N) is 2. The van der Waals surface area contributed by atoms with Gasteiger partial charge < -0.3 is 29.9 Å². The molecule has 3 amide bonds. The number of para-hydroxylation sites is 1. The second kappa shape index (κ2) is 8.85. The lowest BCUT2D eigenvalue weighted by atomic mass is 9.93. The first kappa shape index (κ1) is 20.5. The van der Waals surface area contributed by atoms with Crippen LogP contribution >= 0.6 is 0 Å². The first-order valence-corrected chi connectivity index (χ1v) is 9.68. The van der Waals surface area contributed by atoms with E-state index in [4.69, 9.17) is 9.84 Å². The van der Waals surface area contributed by atoms with Gasteiger partial charge in [0.05, 0.1) is 6.61 Å². The van der Waals surface area contributed by atoms with E-state index in [1.54, 1.807) is 6.92 Å². The predicted molar refractivity (Wildman–Crippen MR) is 107 cm³/mol. The number of rotatable bonds is 5. The number of esters is 1. The molecule has 1 saturated heterocycles. The van der Waals surface area contributed by atoms with Crippen molar-refractivity contribution in [3.8, 4) is 0 Å². The van der Waals surface area contributed by atoms with Gasteiger partial charge in [-0.15, -0.1) is 0 Å². The number of H-pyrrole nitrogens is 1. The molecule has 0 saturated carbocycles. The van der Waals surface area contributed by atoms with Gasteiger partial charge in [-0.25, -0.2) is 14.4 Å².